The molecule has 2 amide bonds. The highest BCUT2D eigenvalue weighted by atomic mass is 16.7. The van der Waals surface area contributed by atoms with E-state index in [4.69, 9.17) is 24.5 Å². The molecule has 1 aromatic carbocycles. The van der Waals surface area contributed by atoms with E-state index in [2.05, 4.69) is 17.4 Å². The van der Waals surface area contributed by atoms with Crippen molar-refractivity contribution in [1.82, 2.24) is 5.32 Å². The summed E-state index contributed by atoms with van der Waals surface area (Å²) in [5.74, 6) is -0.937. The van der Waals surface area contributed by atoms with Crippen molar-refractivity contribution in [2.75, 3.05) is 13.7 Å². The Morgan fingerprint density at radius 1 is 1.13 bits per heavy atom. The van der Waals surface area contributed by atoms with Crippen LogP contribution in [0.4, 0.5) is 4.79 Å². The van der Waals surface area contributed by atoms with Crippen LogP contribution in [0.5, 0.6) is 0 Å². The van der Waals surface area contributed by atoms with E-state index in [0.29, 0.717) is 6.42 Å². The molecule has 0 radical (unpaired) electrons. The fourth-order valence-electron chi connectivity index (χ4n) is 3.23. The van der Waals surface area contributed by atoms with Crippen LogP contribution in [-0.4, -0.2) is 56.1 Å². The van der Waals surface area contributed by atoms with Crippen LogP contribution in [0.1, 0.15) is 46.1 Å². The van der Waals surface area contributed by atoms with E-state index < -0.39 is 42.4 Å². The molecule has 8 nitrogen and oxygen atoms in total. The molecule has 1 aliphatic heterocycles. The monoisotopic (exact) mass is 420 g/mol. The number of primary amides is 1. The predicted octanol–water partition coefficient (Wildman–Crippen LogP) is 2.24. The zero-order valence-corrected chi connectivity index (χ0v) is 18.5. The molecule has 1 fully saturated rings. The molecule has 2 unspecified atom stereocenters. The lowest BCUT2D eigenvalue weighted by Crippen LogP contribution is -2.52. The molecule has 1 saturated heterocycles. The molecule has 2 atom stereocenters. The minimum absolute atomic E-state index is 0.102. The first-order valence-corrected chi connectivity index (χ1v) is 10.2. The third-order valence-corrected chi connectivity index (χ3v) is 5.62. The Hall–Kier alpha value is -2.10. The number of carbonyl (C=O) groups excluding carboxylic acids is 2. The van der Waals surface area contributed by atoms with Gasteiger partial charge >= 0.3 is 13.2 Å². The maximum absolute atomic E-state index is 12.8. The minimum Gasteiger partial charge on any atom is -0.434 e. The number of nitrogens with one attached hydrogen (secondary N) is 1. The third-order valence-electron chi connectivity index (χ3n) is 5.62. The highest BCUT2D eigenvalue weighted by molar-refractivity contribution is 6.48. The van der Waals surface area contributed by atoms with Gasteiger partial charge in [-0.25, -0.2) is 4.79 Å². The van der Waals surface area contributed by atoms with Crippen LogP contribution in [0.25, 0.3) is 0 Å². The Balaban J connectivity index is 2.09. The minimum atomic E-state index is -1.15. The fraction of sp³-hybridized carbons (Fsp3) is 0.619. The number of benzene rings is 1. The first-order chi connectivity index (χ1) is 14.1. The number of methoxy groups -OCH3 is 1. The van der Waals surface area contributed by atoms with Gasteiger partial charge < -0.3 is 29.8 Å². The number of ether oxygens (including phenoxy) is 2. The molecule has 30 heavy (non-hydrogen) atoms. The number of rotatable bonds is 10. The molecule has 1 aromatic rings. The van der Waals surface area contributed by atoms with Gasteiger partial charge in [-0.2, -0.15) is 0 Å². The average molecular weight is 420 g/mol. The van der Waals surface area contributed by atoms with Gasteiger partial charge in [0.15, 0.2) is 0 Å². The van der Waals surface area contributed by atoms with Crippen molar-refractivity contribution in [3.05, 3.63) is 35.9 Å². The van der Waals surface area contributed by atoms with Crippen LogP contribution in [-0.2, 0) is 30.0 Å². The lowest BCUT2D eigenvalue weighted by atomic mass is 9.75. The summed E-state index contributed by atoms with van der Waals surface area (Å²) in [7, 11) is 0.780. The third kappa shape index (κ3) is 6.45. The first kappa shape index (κ1) is 24.2. The molecular weight excluding hydrogens is 387 g/mol. The molecule has 1 heterocycles. The number of aryl methyl sites for hydroxylation is 1. The van der Waals surface area contributed by atoms with Crippen LogP contribution in [0.3, 0.4) is 0 Å². The van der Waals surface area contributed by atoms with Crippen LogP contribution in [0.2, 0.25) is 0 Å². The summed E-state index contributed by atoms with van der Waals surface area (Å²) in [6, 6.07) is 10.1. The summed E-state index contributed by atoms with van der Waals surface area (Å²) in [6.07, 6.45) is 0.0970. The molecule has 0 aliphatic carbocycles. The fourth-order valence-corrected chi connectivity index (χ4v) is 3.23. The molecule has 3 N–H and O–H groups in total. The Kier molecular flexibility index (Phi) is 8.29. The maximum atomic E-state index is 12.8. The van der Waals surface area contributed by atoms with Gasteiger partial charge in [0, 0.05) is 7.11 Å². The second kappa shape index (κ2) is 10.3. The Morgan fingerprint density at radius 3 is 2.27 bits per heavy atom. The predicted molar refractivity (Wildman–Crippen MR) is 114 cm³/mol. The summed E-state index contributed by atoms with van der Waals surface area (Å²) in [5, 5.41) is 2.91. The second-order valence-electron chi connectivity index (χ2n) is 8.50. The zero-order chi connectivity index (χ0) is 22.4. The van der Waals surface area contributed by atoms with Crippen molar-refractivity contribution >= 4 is 19.1 Å². The number of hydrogen-bond donors (Lipinski definition) is 2. The molecule has 2 rings (SSSR count). The Labute approximate surface area is 178 Å². The van der Waals surface area contributed by atoms with E-state index in [-0.39, 0.29) is 6.61 Å². The first-order valence-electron chi connectivity index (χ1n) is 10.2. The van der Waals surface area contributed by atoms with E-state index in [1.807, 2.05) is 45.9 Å². The van der Waals surface area contributed by atoms with Crippen LogP contribution >= 0.6 is 0 Å². The molecule has 0 saturated carbocycles. The van der Waals surface area contributed by atoms with E-state index in [1.165, 1.54) is 12.7 Å². The summed E-state index contributed by atoms with van der Waals surface area (Å²) in [4.78, 5) is 23.9. The molecular formula is C21H33BN2O6. The standard InChI is InChI=1S/C21H33BN2O6/c1-20(2)21(3,4)30-22(29-20)17(13-9-12-15-10-7-6-8-11-15)24-18(25)16(14-27-5)28-19(23)26/h6-8,10-11,16-17H,9,12-14H2,1-5H3,(H2,23,26)(H,24,25). The molecule has 166 valence electrons. The van der Waals surface area contributed by atoms with Gasteiger partial charge in [-0.15, -0.1) is 0 Å². The number of hydrogen-bond acceptors (Lipinski definition) is 6. The van der Waals surface area contributed by atoms with Crippen LogP contribution < -0.4 is 11.1 Å². The zero-order valence-electron chi connectivity index (χ0n) is 18.5. The number of amides is 2. The number of nitrogens with two attached hydrogens (primary N) is 1. The van der Waals surface area contributed by atoms with Crippen molar-refractivity contribution in [2.24, 2.45) is 5.73 Å². The van der Waals surface area contributed by atoms with Gasteiger partial charge in [-0.3, -0.25) is 4.79 Å². The van der Waals surface area contributed by atoms with Gasteiger partial charge in [-0.1, -0.05) is 30.3 Å². The smallest absolute Gasteiger partial charge is 0.434 e. The maximum Gasteiger partial charge on any atom is 0.481 e. The molecule has 9 heteroatoms. The van der Waals surface area contributed by atoms with Crippen molar-refractivity contribution in [3.63, 3.8) is 0 Å². The topological polar surface area (TPSA) is 109 Å². The summed E-state index contributed by atoms with van der Waals surface area (Å²) in [5.41, 5.74) is 5.23. The van der Waals surface area contributed by atoms with Gasteiger partial charge in [0.1, 0.15) is 0 Å². The Bertz CT molecular complexity index is 697. The summed E-state index contributed by atoms with van der Waals surface area (Å²) in [6.45, 7) is 7.73. The van der Waals surface area contributed by atoms with Gasteiger partial charge in [-0.05, 0) is 52.5 Å². The lowest BCUT2D eigenvalue weighted by Gasteiger charge is -2.32. The van der Waals surface area contributed by atoms with E-state index in [9.17, 15) is 9.59 Å². The van der Waals surface area contributed by atoms with Gasteiger partial charge in [0.2, 0.25) is 6.10 Å². The van der Waals surface area contributed by atoms with Gasteiger partial charge in [0.05, 0.1) is 23.8 Å². The van der Waals surface area contributed by atoms with Crippen molar-refractivity contribution in [1.29, 1.82) is 0 Å². The second-order valence-corrected chi connectivity index (χ2v) is 8.50. The SMILES string of the molecule is COCC(OC(N)=O)C(=O)NC(CCCc1ccccc1)B1OC(C)(C)C(C)(C)O1. The molecule has 0 bridgehead atoms. The van der Waals surface area contributed by atoms with E-state index in [1.54, 1.807) is 0 Å². The number of carbonyl (C=O) groups is 2. The van der Waals surface area contributed by atoms with Gasteiger partial charge in [0.25, 0.3) is 5.91 Å². The highest BCUT2D eigenvalue weighted by Crippen LogP contribution is 2.38. The van der Waals surface area contributed by atoms with Crippen molar-refractivity contribution in [2.45, 2.75) is 70.2 Å². The Morgan fingerprint density at radius 2 is 1.73 bits per heavy atom. The molecule has 1 aliphatic rings. The van der Waals surface area contributed by atoms with Crippen LogP contribution in [0, 0.1) is 0 Å². The van der Waals surface area contributed by atoms with Crippen molar-refractivity contribution < 1.29 is 28.4 Å². The molecule has 0 aromatic heterocycles. The average Bonchev–Trinajstić information content (AvgIpc) is 2.88. The highest BCUT2D eigenvalue weighted by Gasteiger charge is 2.54. The van der Waals surface area contributed by atoms with E-state index in [0.717, 1.165) is 12.8 Å². The quantitative estimate of drug-likeness (QED) is 0.562. The summed E-state index contributed by atoms with van der Waals surface area (Å²) >= 11 is 0. The van der Waals surface area contributed by atoms with Crippen molar-refractivity contribution in [3.8, 4) is 0 Å². The summed E-state index contributed by atoms with van der Waals surface area (Å²) < 4.78 is 22.2. The largest absolute Gasteiger partial charge is 0.481 e. The lowest BCUT2D eigenvalue weighted by molar-refractivity contribution is -0.132. The van der Waals surface area contributed by atoms with Crippen LogP contribution in [0.15, 0.2) is 30.3 Å². The normalized spacial score (nSPS) is 19.2. The molecule has 0 spiro atoms. The van der Waals surface area contributed by atoms with E-state index >= 15 is 0 Å².